The molecule has 0 amide bonds. The number of nitrogens with two attached hydrogens (primary N) is 1. The Morgan fingerprint density at radius 1 is 1.24 bits per heavy atom. The van der Waals surface area contributed by atoms with Gasteiger partial charge in [0.2, 0.25) is 5.95 Å². The molecule has 88 valence electrons. The van der Waals surface area contributed by atoms with Crippen molar-refractivity contribution in [1.82, 2.24) is 4.98 Å². The van der Waals surface area contributed by atoms with Gasteiger partial charge in [0.25, 0.3) is 0 Å². The van der Waals surface area contributed by atoms with Gasteiger partial charge in [-0.2, -0.15) is 4.39 Å². The van der Waals surface area contributed by atoms with Crippen LogP contribution in [0.3, 0.4) is 0 Å². The third kappa shape index (κ3) is 2.62. The number of hydrogen-bond acceptors (Lipinski definition) is 3. The van der Waals surface area contributed by atoms with Crippen molar-refractivity contribution < 1.29 is 13.5 Å². The zero-order valence-corrected chi connectivity index (χ0v) is 9.21. The van der Waals surface area contributed by atoms with Crippen molar-refractivity contribution in [3.05, 3.63) is 47.2 Å². The third-order valence-electron chi connectivity index (χ3n) is 1.98. The number of aromatic nitrogens is 1. The van der Waals surface area contributed by atoms with Crippen molar-refractivity contribution in [2.24, 2.45) is 0 Å². The van der Waals surface area contributed by atoms with Gasteiger partial charge in [0, 0.05) is 6.07 Å². The molecule has 0 aliphatic heterocycles. The number of hydrogen-bond donors (Lipinski definition) is 1. The van der Waals surface area contributed by atoms with E-state index in [0.29, 0.717) is 0 Å². The minimum absolute atomic E-state index is 0.0698. The van der Waals surface area contributed by atoms with Crippen LogP contribution >= 0.6 is 11.6 Å². The zero-order valence-electron chi connectivity index (χ0n) is 8.45. The maximum Gasteiger partial charge on any atom is 0.213 e. The van der Waals surface area contributed by atoms with Crippen molar-refractivity contribution in [2.45, 2.75) is 0 Å². The molecule has 2 N–H and O–H groups in total. The van der Waals surface area contributed by atoms with Gasteiger partial charge in [-0.1, -0.05) is 11.6 Å². The van der Waals surface area contributed by atoms with Crippen LogP contribution in [0.4, 0.5) is 14.5 Å². The molecule has 0 radical (unpaired) electrons. The van der Waals surface area contributed by atoms with Gasteiger partial charge < -0.3 is 10.5 Å². The van der Waals surface area contributed by atoms with Crippen LogP contribution in [0, 0.1) is 11.8 Å². The molecule has 0 aliphatic rings. The van der Waals surface area contributed by atoms with Crippen LogP contribution in [0.1, 0.15) is 0 Å². The standard InChI is InChI=1S/C11H7ClF2N2O/c12-7-3-9(15)8(13)4-10(7)17-6-1-2-11(14)16-5-6/h1-5H,15H2. The molecule has 6 heteroatoms. The van der Waals surface area contributed by atoms with Gasteiger partial charge in [-0.25, -0.2) is 9.37 Å². The largest absolute Gasteiger partial charge is 0.454 e. The van der Waals surface area contributed by atoms with Crippen LogP contribution < -0.4 is 10.5 Å². The van der Waals surface area contributed by atoms with Gasteiger partial charge in [-0.15, -0.1) is 0 Å². The molecular weight excluding hydrogens is 250 g/mol. The molecule has 0 fully saturated rings. The molecule has 3 nitrogen and oxygen atoms in total. The van der Waals surface area contributed by atoms with E-state index in [4.69, 9.17) is 22.1 Å². The molecular formula is C11H7ClF2N2O. The topological polar surface area (TPSA) is 48.1 Å². The number of anilines is 1. The van der Waals surface area contributed by atoms with E-state index in [-0.39, 0.29) is 22.2 Å². The fraction of sp³-hybridized carbons (Fsp3) is 0. The molecule has 1 aromatic heterocycles. The quantitative estimate of drug-likeness (QED) is 0.662. The van der Waals surface area contributed by atoms with E-state index >= 15 is 0 Å². The van der Waals surface area contributed by atoms with Gasteiger partial charge >= 0.3 is 0 Å². The maximum atomic E-state index is 13.2. The fourth-order valence-electron chi connectivity index (χ4n) is 1.17. The molecule has 2 rings (SSSR count). The lowest BCUT2D eigenvalue weighted by molar-refractivity contribution is 0.470. The molecule has 0 bridgehead atoms. The van der Waals surface area contributed by atoms with E-state index in [0.717, 1.165) is 12.1 Å². The predicted molar refractivity (Wildman–Crippen MR) is 60.1 cm³/mol. The lowest BCUT2D eigenvalue weighted by Gasteiger charge is -2.08. The maximum absolute atomic E-state index is 13.2. The summed E-state index contributed by atoms with van der Waals surface area (Å²) in [6, 6.07) is 4.77. The normalized spacial score (nSPS) is 10.3. The highest BCUT2D eigenvalue weighted by atomic mass is 35.5. The Morgan fingerprint density at radius 3 is 2.65 bits per heavy atom. The van der Waals surface area contributed by atoms with Crippen molar-refractivity contribution in [3.63, 3.8) is 0 Å². The molecule has 0 saturated carbocycles. The number of rotatable bonds is 2. The lowest BCUT2D eigenvalue weighted by Crippen LogP contribution is -1.93. The SMILES string of the molecule is Nc1cc(Cl)c(Oc2ccc(F)nc2)cc1F. The third-order valence-corrected chi connectivity index (χ3v) is 2.27. The number of benzene rings is 1. The van der Waals surface area contributed by atoms with Crippen LogP contribution in [0.25, 0.3) is 0 Å². The first-order valence-corrected chi connectivity index (χ1v) is 4.98. The van der Waals surface area contributed by atoms with E-state index in [1.54, 1.807) is 0 Å². The van der Waals surface area contributed by atoms with Gasteiger partial charge in [0.1, 0.15) is 17.3 Å². The van der Waals surface area contributed by atoms with Gasteiger partial charge in [-0.3, -0.25) is 0 Å². The summed E-state index contributed by atoms with van der Waals surface area (Å²) < 4.78 is 31.0. The van der Waals surface area contributed by atoms with Crippen LogP contribution in [-0.2, 0) is 0 Å². The highest BCUT2D eigenvalue weighted by molar-refractivity contribution is 6.32. The van der Waals surface area contributed by atoms with Gasteiger partial charge in [0.05, 0.1) is 16.9 Å². The average molecular weight is 257 g/mol. The minimum atomic E-state index is -0.639. The number of ether oxygens (including phenoxy) is 1. The van der Waals surface area contributed by atoms with E-state index in [1.807, 2.05) is 0 Å². The Bertz CT molecular complexity index is 546. The van der Waals surface area contributed by atoms with Crippen molar-refractivity contribution in [2.75, 3.05) is 5.73 Å². The lowest BCUT2D eigenvalue weighted by atomic mass is 10.3. The smallest absolute Gasteiger partial charge is 0.213 e. The highest BCUT2D eigenvalue weighted by Crippen LogP contribution is 2.32. The van der Waals surface area contributed by atoms with Crippen LogP contribution in [0.15, 0.2) is 30.5 Å². The van der Waals surface area contributed by atoms with Crippen LogP contribution in [0.2, 0.25) is 5.02 Å². The highest BCUT2D eigenvalue weighted by Gasteiger charge is 2.08. The average Bonchev–Trinajstić information content (AvgIpc) is 2.29. The summed E-state index contributed by atoms with van der Waals surface area (Å²) in [4.78, 5) is 3.39. The van der Waals surface area contributed by atoms with Crippen molar-refractivity contribution >= 4 is 17.3 Å². The molecule has 2 aromatic rings. The van der Waals surface area contributed by atoms with E-state index < -0.39 is 11.8 Å². The number of nitrogens with zero attached hydrogens (tertiary/aromatic N) is 1. The van der Waals surface area contributed by atoms with Gasteiger partial charge in [-0.05, 0) is 18.2 Å². The summed E-state index contributed by atoms with van der Waals surface area (Å²) in [5.41, 5.74) is 5.26. The van der Waals surface area contributed by atoms with E-state index in [9.17, 15) is 8.78 Å². The van der Waals surface area contributed by atoms with Crippen molar-refractivity contribution in [1.29, 1.82) is 0 Å². The molecule has 1 heterocycles. The molecule has 1 aromatic carbocycles. The van der Waals surface area contributed by atoms with Crippen LogP contribution in [0.5, 0.6) is 11.5 Å². The zero-order chi connectivity index (χ0) is 12.4. The Hall–Kier alpha value is -1.88. The number of nitrogen functional groups attached to an aromatic ring is 1. The second-order valence-electron chi connectivity index (χ2n) is 3.22. The molecule has 0 aliphatic carbocycles. The fourth-order valence-corrected chi connectivity index (χ4v) is 1.38. The minimum Gasteiger partial charge on any atom is -0.454 e. The first-order valence-electron chi connectivity index (χ1n) is 4.60. The molecule has 17 heavy (non-hydrogen) atoms. The first-order chi connectivity index (χ1) is 8.06. The Kier molecular flexibility index (Phi) is 3.10. The summed E-state index contributed by atoms with van der Waals surface area (Å²) in [7, 11) is 0. The second kappa shape index (κ2) is 4.55. The molecule has 0 unspecified atom stereocenters. The summed E-state index contributed by atoms with van der Waals surface area (Å²) in [5, 5.41) is 0.160. The van der Waals surface area contributed by atoms with E-state index in [1.165, 1.54) is 18.3 Å². The Morgan fingerprint density at radius 2 is 2.00 bits per heavy atom. The first kappa shape index (κ1) is 11.6. The van der Waals surface area contributed by atoms with Crippen molar-refractivity contribution in [3.8, 4) is 11.5 Å². The molecule has 0 saturated heterocycles. The summed E-state index contributed by atoms with van der Waals surface area (Å²) in [6.45, 7) is 0. The Labute approximate surface area is 101 Å². The number of pyridine rings is 1. The Balaban J connectivity index is 2.30. The predicted octanol–water partition coefficient (Wildman–Crippen LogP) is 3.39. The van der Waals surface area contributed by atoms with Gasteiger partial charge in [0.15, 0.2) is 0 Å². The number of halogens is 3. The van der Waals surface area contributed by atoms with Crippen LogP contribution in [-0.4, -0.2) is 4.98 Å². The monoisotopic (exact) mass is 256 g/mol. The summed E-state index contributed by atoms with van der Waals surface area (Å²) in [6.07, 6.45) is 1.17. The molecule has 0 atom stereocenters. The van der Waals surface area contributed by atoms with E-state index in [2.05, 4.69) is 4.98 Å². The molecule has 0 spiro atoms. The summed E-state index contributed by atoms with van der Waals surface area (Å²) >= 11 is 5.82. The second-order valence-corrected chi connectivity index (χ2v) is 3.63. The summed E-state index contributed by atoms with van der Waals surface area (Å²) in [5.74, 6) is -0.935.